The molecule has 0 bridgehead atoms. The van der Waals surface area contributed by atoms with Gasteiger partial charge >= 0.3 is 0 Å². The largest absolute Gasteiger partial charge is 0.384 e. The van der Waals surface area contributed by atoms with Gasteiger partial charge in [0, 0.05) is 37.5 Å². The number of rotatable bonds is 4. The number of amides is 1. The Labute approximate surface area is 153 Å². The lowest BCUT2D eigenvalue weighted by Crippen LogP contribution is -2.41. The van der Waals surface area contributed by atoms with Gasteiger partial charge in [-0.3, -0.25) is 4.79 Å². The van der Waals surface area contributed by atoms with Crippen molar-refractivity contribution in [1.29, 1.82) is 0 Å². The Morgan fingerprint density at radius 2 is 2.19 bits per heavy atom. The van der Waals surface area contributed by atoms with E-state index >= 15 is 0 Å². The van der Waals surface area contributed by atoms with Crippen LogP contribution in [-0.4, -0.2) is 54.2 Å². The standard InChI is InChI=1S/C20H23N3O3/c1-25-10-7-17(24)23-9-8-20(13-23)14-26-12-16-11-21-19(22-18(16)20)15-5-3-2-4-6-15/h2-6,11H,7-10,12-14H2,1H3/t20-/m1/s1. The van der Waals surface area contributed by atoms with E-state index in [-0.39, 0.29) is 11.3 Å². The van der Waals surface area contributed by atoms with E-state index in [1.165, 1.54) is 0 Å². The van der Waals surface area contributed by atoms with Gasteiger partial charge in [-0.2, -0.15) is 0 Å². The monoisotopic (exact) mass is 353 g/mol. The van der Waals surface area contributed by atoms with Gasteiger partial charge in [0.1, 0.15) is 0 Å². The van der Waals surface area contributed by atoms with E-state index in [0.717, 1.165) is 35.6 Å². The number of hydrogen-bond donors (Lipinski definition) is 0. The number of carbonyl (C=O) groups is 1. The SMILES string of the molecule is COCCC(=O)N1CC[C@]2(COCc3cnc(-c4ccccc4)nc32)C1. The van der Waals surface area contributed by atoms with Crippen molar-refractivity contribution in [2.45, 2.75) is 24.9 Å². The maximum absolute atomic E-state index is 12.4. The summed E-state index contributed by atoms with van der Waals surface area (Å²) in [5.74, 6) is 0.864. The molecule has 0 saturated carbocycles. The second kappa shape index (κ2) is 7.13. The highest BCUT2D eigenvalue weighted by molar-refractivity contribution is 5.77. The fourth-order valence-corrected chi connectivity index (χ4v) is 3.87. The summed E-state index contributed by atoms with van der Waals surface area (Å²) >= 11 is 0. The summed E-state index contributed by atoms with van der Waals surface area (Å²) in [6.07, 6.45) is 3.16. The van der Waals surface area contributed by atoms with Crippen molar-refractivity contribution in [3.63, 3.8) is 0 Å². The number of likely N-dealkylation sites (tertiary alicyclic amines) is 1. The quantitative estimate of drug-likeness (QED) is 0.843. The molecule has 6 nitrogen and oxygen atoms in total. The first-order chi connectivity index (χ1) is 12.7. The van der Waals surface area contributed by atoms with Crippen LogP contribution in [0.5, 0.6) is 0 Å². The van der Waals surface area contributed by atoms with E-state index in [2.05, 4.69) is 4.98 Å². The molecule has 1 amide bonds. The number of hydrogen-bond acceptors (Lipinski definition) is 5. The van der Waals surface area contributed by atoms with Crippen molar-refractivity contribution in [2.24, 2.45) is 0 Å². The normalized spacial score (nSPS) is 21.8. The van der Waals surface area contributed by atoms with Crippen LogP contribution in [-0.2, 0) is 26.3 Å². The first kappa shape index (κ1) is 17.1. The topological polar surface area (TPSA) is 64.5 Å². The van der Waals surface area contributed by atoms with Crippen LogP contribution < -0.4 is 0 Å². The number of fused-ring (bicyclic) bond motifs is 2. The molecule has 1 aromatic carbocycles. The minimum atomic E-state index is -0.233. The summed E-state index contributed by atoms with van der Waals surface area (Å²) in [5, 5.41) is 0. The third-order valence-electron chi connectivity index (χ3n) is 5.26. The van der Waals surface area contributed by atoms with Crippen LogP contribution >= 0.6 is 0 Å². The van der Waals surface area contributed by atoms with Gasteiger partial charge in [-0.15, -0.1) is 0 Å². The van der Waals surface area contributed by atoms with Crippen molar-refractivity contribution >= 4 is 5.91 Å². The Bertz CT molecular complexity index is 796. The molecule has 3 heterocycles. The molecule has 136 valence electrons. The second-order valence-electron chi connectivity index (χ2n) is 7.01. The second-order valence-corrected chi connectivity index (χ2v) is 7.01. The molecule has 0 aliphatic carbocycles. The van der Waals surface area contributed by atoms with Gasteiger partial charge in [-0.05, 0) is 6.42 Å². The first-order valence-electron chi connectivity index (χ1n) is 8.98. The summed E-state index contributed by atoms with van der Waals surface area (Å²) in [6.45, 7) is 2.96. The van der Waals surface area contributed by atoms with Gasteiger partial charge in [0.2, 0.25) is 5.91 Å². The van der Waals surface area contributed by atoms with E-state index in [0.29, 0.717) is 32.8 Å². The van der Waals surface area contributed by atoms with Crippen LogP contribution in [0, 0.1) is 0 Å². The first-order valence-corrected chi connectivity index (χ1v) is 8.98. The zero-order valence-electron chi connectivity index (χ0n) is 15.0. The Kier molecular flexibility index (Phi) is 4.70. The molecule has 2 aliphatic rings. The van der Waals surface area contributed by atoms with Gasteiger partial charge in [-0.1, -0.05) is 30.3 Å². The average Bonchev–Trinajstić information content (AvgIpc) is 3.12. The minimum absolute atomic E-state index is 0.133. The molecule has 0 unspecified atom stereocenters. The van der Waals surface area contributed by atoms with E-state index in [4.69, 9.17) is 14.5 Å². The number of methoxy groups -OCH3 is 1. The lowest BCUT2D eigenvalue weighted by molar-refractivity contribution is -0.131. The molecule has 2 aromatic rings. The molecule has 4 rings (SSSR count). The number of carbonyl (C=O) groups excluding carboxylic acids is 1. The predicted octanol–water partition coefficient (Wildman–Crippen LogP) is 2.18. The molecule has 6 heteroatoms. The molecule has 1 atom stereocenters. The molecule has 1 fully saturated rings. The van der Waals surface area contributed by atoms with Crippen LogP contribution in [0.25, 0.3) is 11.4 Å². The third-order valence-corrected chi connectivity index (χ3v) is 5.26. The predicted molar refractivity (Wildman–Crippen MR) is 96.5 cm³/mol. The average molecular weight is 353 g/mol. The molecule has 26 heavy (non-hydrogen) atoms. The lowest BCUT2D eigenvalue weighted by Gasteiger charge is -2.34. The smallest absolute Gasteiger partial charge is 0.224 e. The zero-order valence-corrected chi connectivity index (χ0v) is 15.0. The van der Waals surface area contributed by atoms with Gasteiger partial charge in [0.25, 0.3) is 0 Å². The van der Waals surface area contributed by atoms with Gasteiger partial charge in [0.05, 0.1) is 37.4 Å². The molecule has 0 N–H and O–H groups in total. The number of ether oxygens (including phenoxy) is 2. The summed E-state index contributed by atoms with van der Waals surface area (Å²) in [6, 6.07) is 10.00. The van der Waals surface area contributed by atoms with Crippen LogP contribution in [0.15, 0.2) is 36.5 Å². The Morgan fingerprint density at radius 3 is 3.00 bits per heavy atom. The summed E-state index contributed by atoms with van der Waals surface area (Å²) in [5.41, 5.74) is 2.84. The molecule has 1 aromatic heterocycles. The maximum Gasteiger partial charge on any atom is 0.224 e. The van der Waals surface area contributed by atoms with Crippen LogP contribution in [0.3, 0.4) is 0 Å². The molecule has 1 spiro atoms. The maximum atomic E-state index is 12.4. The molecular formula is C20H23N3O3. The van der Waals surface area contributed by atoms with Crippen molar-refractivity contribution in [3.05, 3.63) is 47.8 Å². The van der Waals surface area contributed by atoms with Crippen LogP contribution in [0.1, 0.15) is 24.1 Å². The van der Waals surface area contributed by atoms with Crippen molar-refractivity contribution in [3.8, 4) is 11.4 Å². The van der Waals surface area contributed by atoms with E-state index in [1.54, 1.807) is 7.11 Å². The zero-order chi connectivity index (χ0) is 18.0. The molecular weight excluding hydrogens is 330 g/mol. The van der Waals surface area contributed by atoms with Crippen LogP contribution in [0.2, 0.25) is 0 Å². The number of benzene rings is 1. The highest BCUT2D eigenvalue weighted by Gasteiger charge is 2.46. The Hall–Kier alpha value is -2.31. The molecule has 2 aliphatic heterocycles. The fourth-order valence-electron chi connectivity index (χ4n) is 3.87. The highest BCUT2D eigenvalue weighted by Crippen LogP contribution is 2.39. The van der Waals surface area contributed by atoms with E-state index < -0.39 is 0 Å². The van der Waals surface area contributed by atoms with E-state index in [9.17, 15) is 4.79 Å². The fraction of sp³-hybridized carbons (Fsp3) is 0.450. The summed E-state index contributed by atoms with van der Waals surface area (Å²) in [4.78, 5) is 23.8. The lowest BCUT2D eigenvalue weighted by atomic mass is 9.80. The third kappa shape index (κ3) is 3.10. The molecule has 1 saturated heterocycles. The minimum Gasteiger partial charge on any atom is -0.384 e. The van der Waals surface area contributed by atoms with E-state index in [1.807, 2.05) is 41.4 Å². The molecule has 0 radical (unpaired) electrons. The number of nitrogens with zero attached hydrogens (tertiary/aromatic N) is 3. The van der Waals surface area contributed by atoms with Crippen molar-refractivity contribution in [1.82, 2.24) is 14.9 Å². The highest BCUT2D eigenvalue weighted by atomic mass is 16.5. The summed E-state index contributed by atoms with van der Waals surface area (Å²) < 4.78 is 10.9. The Balaban J connectivity index is 1.64. The van der Waals surface area contributed by atoms with Crippen molar-refractivity contribution < 1.29 is 14.3 Å². The van der Waals surface area contributed by atoms with Gasteiger partial charge < -0.3 is 14.4 Å². The Morgan fingerprint density at radius 1 is 1.35 bits per heavy atom. The van der Waals surface area contributed by atoms with Crippen LogP contribution in [0.4, 0.5) is 0 Å². The van der Waals surface area contributed by atoms with Gasteiger partial charge in [0.15, 0.2) is 5.82 Å². The summed E-state index contributed by atoms with van der Waals surface area (Å²) in [7, 11) is 1.62. The van der Waals surface area contributed by atoms with Crippen molar-refractivity contribution in [2.75, 3.05) is 33.4 Å². The number of aromatic nitrogens is 2. The van der Waals surface area contributed by atoms with Gasteiger partial charge in [-0.25, -0.2) is 9.97 Å².